The van der Waals surface area contributed by atoms with Gasteiger partial charge in [0.25, 0.3) is 0 Å². The number of para-hydroxylation sites is 1. The third-order valence-corrected chi connectivity index (χ3v) is 4.89. The number of benzene rings is 1. The average Bonchev–Trinajstić information content (AvgIpc) is 2.74. The molecule has 1 aromatic carbocycles. The van der Waals surface area contributed by atoms with Gasteiger partial charge in [0, 0.05) is 27.7 Å². The van der Waals surface area contributed by atoms with Gasteiger partial charge in [-0.25, -0.2) is 0 Å². The van der Waals surface area contributed by atoms with Gasteiger partial charge < -0.3 is 4.90 Å². The van der Waals surface area contributed by atoms with Gasteiger partial charge in [-0.15, -0.1) is 22.9 Å². The van der Waals surface area contributed by atoms with Crippen LogP contribution in [-0.2, 0) is 12.4 Å². The average molecular weight is 365 g/mol. The van der Waals surface area contributed by atoms with E-state index in [0.717, 1.165) is 27.3 Å². The SMILES string of the molecule is CN(Cc1cc(Br)cs1)c1c(Cl)cccc1CCl. The summed E-state index contributed by atoms with van der Waals surface area (Å²) in [6, 6.07) is 7.96. The highest BCUT2D eigenvalue weighted by molar-refractivity contribution is 9.10. The van der Waals surface area contributed by atoms with Crippen molar-refractivity contribution < 1.29 is 0 Å². The first kappa shape index (κ1) is 14.2. The number of alkyl halides is 1. The molecule has 0 radical (unpaired) electrons. The number of thiophene rings is 1. The summed E-state index contributed by atoms with van der Waals surface area (Å²) in [5.41, 5.74) is 2.07. The van der Waals surface area contributed by atoms with Crippen LogP contribution >= 0.6 is 50.5 Å². The standard InChI is InChI=1S/C13H12BrCl2NS/c1-17(7-11-5-10(14)8-18-11)13-9(6-15)3-2-4-12(13)16/h2-5,8H,6-7H2,1H3. The largest absolute Gasteiger partial charge is 0.368 e. The Balaban J connectivity index is 2.25. The second-order valence-corrected chi connectivity index (χ2v) is 6.55. The monoisotopic (exact) mass is 363 g/mol. The summed E-state index contributed by atoms with van der Waals surface area (Å²) in [7, 11) is 2.03. The Kier molecular flexibility index (Phi) is 4.96. The fraction of sp³-hybridized carbons (Fsp3) is 0.231. The Morgan fingerprint density at radius 1 is 1.39 bits per heavy atom. The first-order valence-electron chi connectivity index (χ1n) is 5.39. The third kappa shape index (κ3) is 3.21. The van der Waals surface area contributed by atoms with Gasteiger partial charge in [0.2, 0.25) is 0 Å². The lowest BCUT2D eigenvalue weighted by atomic mass is 10.2. The zero-order valence-corrected chi connectivity index (χ0v) is 13.7. The summed E-state index contributed by atoms with van der Waals surface area (Å²) in [6.45, 7) is 0.823. The minimum absolute atomic E-state index is 0.467. The molecule has 18 heavy (non-hydrogen) atoms. The van der Waals surface area contributed by atoms with Crippen molar-refractivity contribution in [1.29, 1.82) is 0 Å². The molecular weight excluding hydrogens is 353 g/mol. The van der Waals surface area contributed by atoms with Crippen molar-refractivity contribution in [2.75, 3.05) is 11.9 Å². The quantitative estimate of drug-likeness (QED) is 0.644. The Morgan fingerprint density at radius 2 is 2.17 bits per heavy atom. The van der Waals surface area contributed by atoms with Crippen LogP contribution in [0.15, 0.2) is 34.1 Å². The summed E-state index contributed by atoms with van der Waals surface area (Å²) in [4.78, 5) is 3.42. The molecule has 0 spiro atoms. The predicted octanol–water partition coefficient (Wildman–Crippen LogP) is 5.54. The zero-order valence-electron chi connectivity index (χ0n) is 9.79. The molecule has 2 rings (SSSR count). The molecule has 0 fully saturated rings. The van der Waals surface area contributed by atoms with Crippen LogP contribution in [0.5, 0.6) is 0 Å². The van der Waals surface area contributed by atoms with E-state index in [4.69, 9.17) is 23.2 Å². The van der Waals surface area contributed by atoms with Crippen molar-refractivity contribution in [1.82, 2.24) is 0 Å². The van der Waals surface area contributed by atoms with Crippen LogP contribution in [0, 0.1) is 0 Å². The maximum atomic E-state index is 6.27. The van der Waals surface area contributed by atoms with Crippen molar-refractivity contribution in [3.63, 3.8) is 0 Å². The van der Waals surface area contributed by atoms with Gasteiger partial charge in [-0.1, -0.05) is 23.7 Å². The predicted molar refractivity (Wildman–Crippen MR) is 85.1 cm³/mol. The fourth-order valence-electron chi connectivity index (χ4n) is 1.84. The first-order valence-corrected chi connectivity index (χ1v) is 7.97. The third-order valence-electron chi connectivity index (χ3n) is 2.61. The Bertz CT molecular complexity index is 542. The van der Waals surface area contributed by atoms with Crippen molar-refractivity contribution in [3.05, 3.63) is 49.6 Å². The van der Waals surface area contributed by atoms with Crippen molar-refractivity contribution in [3.8, 4) is 0 Å². The fourth-order valence-corrected chi connectivity index (χ4v) is 3.90. The van der Waals surface area contributed by atoms with E-state index in [9.17, 15) is 0 Å². The Labute approximate surface area is 129 Å². The minimum Gasteiger partial charge on any atom is -0.368 e. The molecule has 0 aliphatic heterocycles. The van der Waals surface area contributed by atoms with Crippen LogP contribution in [0.1, 0.15) is 10.4 Å². The number of halogens is 3. The highest BCUT2D eigenvalue weighted by atomic mass is 79.9. The molecule has 0 bridgehead atoms. The molecule has 1 heterocycles. The van der Waals surface area contributed by atoms with Gasteiger partial charge in [0.05, 0.1) is 17.3 Å². The Hall–Kier alpha value is -0.220. The van der Waals surface area contributed by atoms with E-state index in [1.165, 1.54) is 4.88 Å². The maximum absolute atomic E-state index is 6.27. The molecule has 0 aliphatic carbocycles. The van der Waals surface area contributed by atoms with E-state index < -0.39 is 0 Å². The van der Waals surface area contributed by atoms with E-state index in [1.807, 2.05) is 25.2 Å². The second kappa shape index (κ2) is 6.29. The van der Waals surface area contributed by atoms with E-state index in [1.54, 1.807) is 11.3 Å². The summed E-state index contributed by atoms with van der Waals surface area (Å²) >= 11 is 17.4. The van der Waals surface area contributed by atoms with Crippen LogP contribution in [0.25, 0.3) is 0 Å². The normalized spacial score (nSPS) is 10.7. The van der Waals surface area contributed by atoms with Crippen molar-refractivity contribution in [2.45, 2.75) is 12.4 Å². The van der Waals surface area contributed by atoms with E-state index in [-0.39, 0.29) is 0 Å². The van der Waals surface area contributed by atoms with Crippen LogP contribution in [0.2, 0.25) is 5.02 Å². The van der Waals surface area contributed by atoms with Crippen molar-refractivity contribution >= 4 is 56.2 Å². The lowest BCUT2D eigenvalue weighted by molar-refractivity contribution is 0.932. The minimum atomic E-state index is 0.467. The smallest absolute Gasteiger partial charge is 0.0642 e. The van der Waals surface area contributed by atoms with Crippen molar-refractivity contribution in [2.24, 2.45) is 0 Å². The van der Waals surface area contributed by atoms with Crippen LogP contribution in [-0.4, -0.2) is 7.05 Å². The highest BCUT2D eigenvalue weighted by Gasteiger charge is 2.12. The highest BCUT2D eigenvalue weighted by Crippen LogP contribution is 2.32. The molecule has 0 unspecified atom stereocenters. The van der Waals surface area contributed by atoms with Gasteiger partial charge in [-0.3, -0.25) is 0 Å². The number of hydrogen-bond acceptors (Lipinski definition) is 2. The molecule has 0 saturated heterocycles. The molecule has 2 aromatic rings. The molecule has 1 nitrogen and oxygen atoms in total. The molecular formula is C13H12BrCl2NS. The number of hydrogen-bond donors (Lipinski definition) is 0. The number of anilines is 1. The molecule has 0 aliphatic rings. The van der Waals surface area contributed by atoms with Gasteiger partial charge in [-0.2, -0.15) is 0 Å². The lowest BCUT2D eigenvalue weighted by Crippen LogP contribution is -2.17. The zero-order chi connectivity index (χ0) is 13.1. The van der Waals surface area contributed by atoms with E-state index in [0.29, 0.717) is 5.88 Å². The molecule has 0 N–H and O–H groups in total. The summed E-state index contributed by atoms with van der Waals surface area (Å²) in [5.74, 6) is 0.467. The van der Waals surface area contributed by atoms with Gasteiger partial charge in [-0.05, 0) is 33.6 Å². The first-order chi connectivity index (χ1) is 8.61. The van der Waals surface area contributed by atoms with Gasteiger partial charge >= 0.3 is 0 Å². The molecule has 5 heteroatoms. The van der Waals surface area contributed by atoms with Gasteiger partial charge in [0.15, 0.2) is 0 Å². The van der Waals surface area contributed by atoms with Gasteiger partial charge in [0.1, 0.15) is 0 Å². The summed E-state index contributed by atoms with van der Waals surface area (Å²) in [6.07, 6.45) is 0. The molecule has 0 atom stereocenters. The number of nitrogens with zero attached hydrogens (tertiary/aromatic N) is 1. The lowest BCUT2D eigenvalue weighted by Gasteiger charge is -2.22. The second-order valence-electron chi connectivity index (χ2n) is 3.97. The number of rotatable bonds is 4. The van der Waals surface area contributed by atoms with E-state index in [2.05, 4.69) is 32.3 Å². The molecule has 0 amide bonds. The summed E-state index contributed by atoms with van der Waals surface area (Å²) < 4.78 is 1.12. The van der Waals surface area contributed by atoms with Crippen LogP contribution in [0.3, 0.4) is 0 Å². The molecule has 0 saturated carbocycles. The maximum Gasteiger partial charge on any atom is 0.0642 e. The molecule has 96 valence electrons. The van der Waals surface area contributed by atoms with Crippen LogP contribution in [0.4, 0.5) is 5.69 Å². The molecule has 1 aromatic heterocycles. The van der Waals surface area contributed by atoms with E-state index >= 15 is 0 Å². The Morgan fingerprint density at radius 3 is 2.78 bits per heavy atom. The topological polar surface area (TPSA) is 3.24 Å². The van der Waals surface area contributed by atoms with Crippen LogP contribution < -0.4 is 4.90 Å². The summed E-state index contributed by atoms with van der Waals surface area (Å²) in [5, 5.41) is 2.82.